The highest BCUT2D eigenvalue weighted by Crippen LogP contribution is 2.68. The van der Waals surface area contributed by atoms with E-state index < -0.39 is 7.26 Å². The Morgan fingerprint density at radius 2 is 0.301 bits per heavy atom. The number of rotatable bonds is 20. The number of benzene rings is 12. The summed E-state index contributed by atoms with van der Waals surface area (Å²) in [5.41, 5.74) is 16.2. The molecule has 12 aromatic rings. The fourth-order valence-corrected chi connectivity index (χ4v) is 18.2. The monoisotopic (exact) mass is 1240 g/mol. The second-order valence-corrected chi connectivity index (χ2v) is 25.7. The molecule has 0 atom stereocenters. The van der Waals surface area contributed by atoms with Crippen molar-refractivity contribution in [2.75, 3.05) is 76.5 Å². The summed E-state index contributed by atoms with van der Waals surface area (Å²) in [4.78, 5) is 9.31. The molecule has 0 aromatic heterocycles. The third-order valence-electron chi connectivity index (χ3n) is 17.6. The van der Waals surface area contributed by atoms with Crippen molar-refractivity contribution >= 4 is 96.7 Å². The Balaban J connectivity index is 1.10. The Labute approximate surface area is 543 Å². The Kier molecular flexibility index (Phi) is 16.0. The van der Waals surface area contributed by atoms with Crippen molar-refractivity contribution < 1.29 is 37.9 Å². The van der Waals surface area contributed by atoms with Gasteiger partial charge in [0.05, 0.1) is 79.6 Å². The fraction of sp³-hybridized carbons (Fsp3) is 0.100. The maximum atomic E-state index is 5.75. The van der Waals surface area contributed by atoms with Gasteiger partial charge in [0.25, 0.3) is 0 Å². The maximum absolute atomic E-state index is 5.75. The molecule has 0 radical (unpaired) electrons. The van der Waals surface area contributed by atoms with Crippen LogP contribution in [-0.2, 0) is 0 Å². The highest BCUT2D eigenvalue weighted by molar-refractivity contribution is 8.03. The molecule has 0 N–H and O–H groups in total. The van der Waals surface area contributed by atoms with Crippen molar-refractivity contribution in [2.45, 2.75) is 0 Å². The lowest BCUT2D eigenvalue weighted by Crippen LogP contribution is -2.33. The number of hydrogen-bond donors (Lipinski definition) is 0. The van der Waals surface area contributed by atoms with Gasteiger partial charge >= 0.3 is 0 Å². The summed E-state index contributed by atoms with van der Waals surface area (Å²) >= 11 is 0. The minimum Gasteiger partial charge on any atom is -0.497 e. The van der Waals surface area contributed by atoms with Gasteiger partial charge in [-0.2, -0.15) is 0 Å². The third-order valence-corrected chi connectivity index (χ3v) is 22.0. The van der Waals surface area contributed by atoms with Crippen molar-refractivity contribution in [3.05, 3.63) is 267 Å². The van der Waals surface area contributed by atoms with Crippen LogP contribution in [0.1, 0.15) is 0 Å². The molecule has 12 aromatic carbocycles. The van der Waals surface area contributed by atoms with Crippen LogP contribution in [0.15, 0.2) is 267 Å². The first kappa shape index (κ1) is 59.3. The Bertz CT molecular complexity index is 3860. The van der Waals surface area contributed by atoms with Crippen LogP contribution >= 0.6 is 7.26 Å². The number of methoxy groups -OCH3 is 8. The molecule has 13 heteroatoms. The average molecular weight is 1240 g/mol. The summed E-state index contributed by atoms with van der Waals surface area (Å²) in [6, 6.07) is 94.5. The van der Waals surface area contributed by atoms with Crippen LogP contribution in [0.2, 0.25) is 0 Å². The van der Waals surface area contributed by atoms with Crippen molar-refractivity contribution in [2.24, 2.45) is 0 Å². The van der Waals surface area contributed by atoms with Crippen LogP contribution < -0.4 is 78.7 Å². The molecule has 12 nitrogen and oxygen atoms in total. The van der Waals surface area contributed by atoms with Crippen LogP contribution in [0.25, 0.3) is 22.3 Å². The minimum atomic E-state index is -3.12. The standard InChI is InChI=1S/C80H68N4O8P/c1-85-65-29-9-53(10-30-65)81(54-11-31-66(86-2)32-12-54)61-25-45-73-74-46-26-62(82(55-13-33-67(87-3)34-14-55)56-15-35-68(88-4)36-16-56)50-78(74)93(77(73)49-61)79-51-63(83(57-17-37-69(89-5)38-18-57)58-19-39-70(90-6)40-20-58)27-47-75(79)76-48-28-64(52-80(76)93)84(59-21-41-71(91-7)42-22-59)60-23-43-72(92-8)44-24-60/h9-52H,1-8H3/q+1. The molecule has 0 bridgehead atoms. The molecule has 0 fully saturated rings. The van der Waals surface area contributed by atoms with Crippen LogP contribution in [0, 0.1) is 0 Å². The zero-order chi connectivity index (χ0) is 63.7. The van der Waals surface area contributed by atoms with E-state index in [2.05, 4.69) is 189 Å². The SMILES string of the molecule is COc1ccc(N(c2ccc(OC)cc2)c2ccc3c(c2)[P+]2(c4cc(N(c5ccc(OC)cc5)c5ccc(OC)cc5)ccc4-3)c3cc(N(c4ccc(OC)cc4)c4ccc(OC)cc4)ccc3-c3ccc(N(c4ccc(OC)cc4)c4ccc(OC)cc4)cc32)cc1. The van der Waals surface area contributed by atoms with Gasteiger partial charge in [0.15, 0.2) is 0 Å². The van der Waals surface area contributed by atoms with E-state index in [0.717, 1.165) is 136 Å². The van der Waals surface area contributed by atoms with Gasteiger partial charge in [-0.3, -0.25) is 0 Å². The first-order chi connectivity index (χ1) is 45.7. The Hall–Kier alpha value is -11.3. The first-order valence-electron chi connectivity index (χ1n) is 30.5. The van der Waals surface area contributed by atoms with Crippen LogP contribution in [0.3, 0.4) is 0 Å². The van der Waals surface area contributed by atoms with Crippen molar-refractivity contribution in [3.8, 4) is 68.2 Å². The molecule has 2 heterocycles. The lowest BCUT2D eigenvalue weighted by atomic mass is 10.0. The Morgan fingerprint density at radius 1 is 0.172 bits per heavy atom. The summed E-state index contributed by atoms with van der Waals surface area (Å²) < 4.78 is 46.0. The normalized spacial score (nSPS) is 12.0. The largest absolute Gasteiger partial charge is 0.497 e. The molecular weight excluding hydrogens is 1180 g/mol. The Morgan fingerprint density at radius 3 is 0.430 bits per heavy atom. The topological polar surface area (TPSA) is 86.8 Å². The van der Waals surface area contributed by atoms with E-state index in [1.54, 1.807) is 56.9 Å². The summed E-state index contributed by atoms with van der Waals surface area (Å²) in [6.45, 7) is 0. The molecular formula is C80H68N4O8P+. The third kappa shape index (κ3) is 10.6. The minimum absolute atomic E-state index is 0.763. The second-order valence-electron chi connectivity index (χ2n) is 22.4. The van der Waals surface area contributed by atoms with Gasteiger partial charge in [-0.25, -0.2) is 0 Å². The predicted molar refractivity (Wildman–Crippen MR) is 380 cm³/mol. The van der Waals surface area contributed by atoms with Gasteiger partial charge in [0.1, 0.15) is 74.5 Å². The zero-order valence-corrected chi connectivity index (χ0v) is 53.8. The van der Waals surface area contributed by atoms with Gasteiger partial charge in [-0.15, -0.1) is 0 Å². The van der Waals surface area contributed by atoms with E-state index >= 15 is 0 Å². The highest BCUT2D eigenvalue weighted by atomic mass is 31.2. The average Bonchev–Trinajstić information content (AvgIpc) is 1.51. The van der Waals surface area contributed by atoms with E-state index in [1.165, 1.54) is 21.2 Å². The van der Waals surface area contributed by atoms with Gasteiger partial charge in [-0.1, -0.05) is 0 Å². The lowest BCUT2D eigenvalue weighted by molar-refractivity contribution is 0.414. The molecule has 0 aliphatic carbocycles. The summed E-state index contributed by atoms with van der Waals surface area (Å²) in [6.07, 6.45) is 0. The van der Waals surface area contributed by atoms with Gasteiger partial charge < -0.3 is 57.5 Å². The number of anilines is 12. The molecule has 93 heavy (non-hydrogen) atoms. The first-order valence-corrected chi connectivity index (χ1v) is 32.3. The van der Waals surface area contributed by atoms with Crippen LogP contribution in [0.4, 0.5) is 68.2 Å². The van der Waals surface area contributed by atoms with E-state index in [9.17, 15) is 0 Å². The smallest absolute Gasteiger partial charge is 0.147 e. The molecule has 2 aliphatic heterocycles. The molecule has 14 rings (SSSR count). The molecule has 2 aliphatic rings. The molecule has 0 saturated heterocycles. The molecule has 0 unspecified atom stereocenters. The fourth-order valence-electron chi connectivity index (χ4n) is 13.1. The van der Waals surface area contributed by atoms with Gasteiger partial charge in [-0.05, 0) is 243 Å². The molecule has 460 valence electrons. The van der Waals surface area contributed by atoms with E-state index in [1.807, 2.05) is 97.1 Å². The van der Waals surface area contributed by atoms with Crippen LogP contribution in [-0.4, -0.2) is 56.9 Å². The van der Waals surface area contributed by atoms with E-state index in [4.69, 9.17) is 37.9 Å². The lowest BCUT2D eigenvalue weighted by Gasteiger charge is -2.30. The number of hydrogen-bond acceptors (Lipinski definition) is 12. The number of fused-ring (bicyclic) bond motifs is 10. The molecule has 0 amide bonds. The summed E-state index contributed by atoms with van der Waals surface area (Å²) in [5.74, 6) is 6.11. The number of ether oxygens (including phenoxy) is 8. The van der Waals surface area contributed by atoms with Crippen molar-refractivity contribution in [1.82, 2.24) is 0 Å². The van der Waals surface area contributed by atoms with Crippen molar-refractivity contribution in [3.63, 3.8) is 0 Å². The van der Waals surface area contributed by atoms with Gasteiger partial charge in [0, 0.05) is 92.0 Å². The van der Waals surface area contributed by atoms with E-state index in [-0.39, 0.29) is 0 Å². The summed E-state index contributed by atoms with van der Waals surface area (Å²) in [7, 11) is 10.5. The highest BCUT2D eigenvalue weighted by Gasteiger charge is 2.61. The van der Waals surface area contributed by atoms with E-state index in [0.29, 0.717) is 0 Å². The quantitative estimate of drug-likeness (QED) is 0.0681. The second kappa shape index (κ2) is 25.2. The van der Waals surface area contributed by atoms with Gasteiger partial charge in [0.2, 0.25) is 0 Å². The van der Waals surface area contributed by atoms with Crippen molar-refractivity contribution in [1.29, 1.82) is 0 Å². The van der Waals surface area contributed by atoms with Crippen LogP contribution in [0.5, 0.6) is 46.0 Å². The summed E-state index contributed by atoms with van der Waals surface area (Å²) in [5, 5.41) is 4.87. The number of nitrogens with zero attached hydrogens (tertiary/aromatic N) is 4. The maximum Gasteiger partial charge on any atom is 0.147 e. The zero-order valence-electron chi connectivity index (χ0n) is 52.9. The molecule has 0 saturated carbocycles. The predicted octanol–water partition coefficient (Wildman–Crippen LogP) is 18.2. The molecule has 1 spiro atoms.